The van der Waals surface area contributed by atoms with Crippen LogP contribution in [-0.4, -0.2) is 18.6 Å². The highest BCUT2D eigenvalue weighted by Gasteiger charge is 2.11. The van der Waals surface area contributed by atoms with Crippen LogP contribution in [-0.2, 0) is 0 Å². The third-order valence-corrected chi connectivity index (χ3v) is 1.75. The number of anilines is 1. The predicted octanol–water partition coefficient (Wildman–Crippen LogP) is -0.369. The Hall–Kier alpha value is -1.33. The molecule has 0 radical (unpaired) electrons. The van der Waals surface area contributed by atoms with Crippen molar-refractivity contribution in [3.8, 4) is 5.88 Å². The lowest BCUT2D eigenvalue weighted by Crippen LogP contribution is -2.21. The molecule has 1 heterocycles. The summed E-state index contributed by atoms with van der Waals surface area (Å²) in [6, 6.07) is 1.44. The van der Waals surface area contributed by atoms with E-state index in [-0.39, 0.29) is 6.04 Å². The molecule has 5 heteroatoms. The lowest BCUT2D eigenvalue weighted by atomic mass is 10.1. The molecule has 0 unspecified atom stereocenters. The Morgan fingerprint density at radius 2 is 2.31 bits per heavy atom. The molecular weight excluding hydrogens is 168 g/mol. The second-order valence-electron chi connectivity index (χ2n) is 2.71. The summed E-state index contributed by atoms with van der Waals surface area (Å²) in [6.45, 7) is 0.335. The average Bonchev–Trinajstić information content (AvgIpc) is 2.16. The average molecular weight is 182 g/mol. The first-order chi connectivity index (χ1) is 6.19. The zero-order valence-corrected chi connectivity index (χ0v) is 7.53. The number of rotatable bonds is 3. The van der Waals surface area contributed by atoms with Gasteiger partial charge in [0.1, 0.15) is 0 Å². The van der Waals surface area contributed by atoms with Crippen LogP contribution in [0.15, 0.2) is 12.3 Å². The minimum absolute atomic E-state index is 0.286. The van der Waals surface area contributed by atoms with Gasteiger partial charge in [-0.15, -0.1) is 0 Å². The molecule has 0 saturated heterocycles. The van der Waals surface area contributed by atoms with Crippen molar-refractivity contribution in [2.75, 3.05) is 19.4 Å². The van der Waals surface area contributed by atoms with Crippen LogP contribution >= 0.6 is 0 Å². The van der Waals surface area contributed by atoms with Crippen molar-refractivity contribution >= 4 is 5.69 Å². The van der Waals surface area contributed by atoms with Crippen molar-refractivity contribution in [2.45, 2.75) is 6.04 Å². The fourth-order valence-corrected chi connectivity index (χ4v) is 1.05. The summed E-state index contributed by atoms with van der Waals surface area (Å²) in [6.07, 6.45) is 1.52. The maximum Gasteiger partial charge on any atom is 0.218 e. The van der Waals surface area contributed by atoms with E-state index in [4.69, 9.17) is 21.9 Å². The second kappa shape index (κ2) is 4.06. The second-order valence-corrected chi connectivity index (χ2v) is 2.71. The van der Waals surface area contributed by atoms with E-state index < -0.39 is 0 Å². The minimum atomic E-state index is -0.286. The molecule has 5 nitrogen and oxygen atoms in total. The van der Waals surface area contributed by atoms with E-state index in [0.717, 1.165) is 5.56 Å². The number of pyridine rings is 1. The van der Waals surface area contributed by atoms with Gasteiger partial charge in [-0.3, -0.25) is 0 Å². The van der Waals surface area contributed by atoms with Gasteiger partial charge in [-0.1, -0.05) is 0 Å². The van der Waals surface area contributed by atoms with Crippen LogP contribution in [0.1, 0.15) is 11.6 Å². The summed E-state index contributed by atoms with van der Waals surface area (Å²) in [4.78, 5) is 3.98. The molecule has 1 rings (SSSR count). The SMILES string of the molecule is COc1ncc(N)cc1[C@H](N)CN. The van der Waals surface area contributed by atoms with Crippen molar-refractivity contribution in [3.05, 3.63) is 17.8 Å². The first-order valence-corrected chi connectivity index (χ1v) is 3.94. The Morgan fingerprint density at radius 3 is 2.85 bits per heavy atom. The molecule has 0 bridgehead atoms. The van der Waals surface area contributed by atoms with E-state index in [2.05, 4.69) is 4.98 Å². The molecule has 0 aromatic carbocycles. The Balaban J connectivity index is 3.07. The van der Waals surface area contributed by atoms with Crippen LogP contribution in [0, 0.1) is 0 Å². The standard InChI is InChI=1S/C8H14N4O/c1-13-8-6(7(11)3-9)2-5(10)4-12-8/h2,4,7H,3,9-11H2,1H3/t7-/m1/s1. The quantitative estimate of drug-likeness (QED) is 0.592. The molecule has 13 heavy (non-hydrogen) atoms. The first-order valence-electron chi connectivity index (χ1n) is 3.94. The third kappa shape index (κ3) is 2.07. The van der Waals surface area contributed by atoms with Crippen LogP contribution in [0.2, 0.25) is 0 Å². The fraction of sp³-hybridized carbons (Fsp3) is 0.375. The number of aromatic nitrogens is 1. The number of hydrogen-bond donors (Lipinski definition) is 3. The zero-order chi connectivity index (χ0) is 9.84. The summed E-state index contributed by atoms with van der Waals surface area (Å²) in [7, 11) is 1.53. The van der Waals surface area contributed by atoms with Crippen LogP contribution in [0.25, 0.3) is 0 Å². The molecule has 0 spiro atoms. The monoisotopic (exact) mass is 182 g/mol. The van der Waals surface area contributed by atoms with Crippen LogP contribution < -0.4 is 21.9 Å². The maximum absolute atomic E-state index is 5.74. The molecule has 1 atom stereocenters. The first kappa shape index (κ1) is 9.76. The van der Waals surface area contributed by atoms with E-state index in [9.17, 15) is 0 Å². The van der Waals surface area contributed by atoms with Gasteiger partial charge in [-0.05, 0) is 6.07 Å². The summed E-state index contributed by atoms with van der Waals surface area (Å²) < 4.78 is 5.02. The molecule has 0 aliphatic carbocycles. The van der Waals surface area contributed by atoms with Gasteiger partial charge >= 0.3 is 0 Å². The van der Waals surface area contributed by atoms with Crippen LogP contribution in [0.3, 0.4) is 0 Å². The van der Waals surface area contributed by atoms with Gasteiger partial charge < -0.3 is 21.9 Å². The smallest absolute Gasteiger partial charge is 0.218 e. The van der Waals surface area contributed by atoms with E-state index in [1.165, 1.54) is 13.3 Å². The van der Waals surface area contributed by atoms with Crippen molar-refractivity contribution in [1.29, 1.82) is 0 Å². The topological polar surface area (TPSA) is 100 Å². The van der Waals surface area contributed by atoms with E-state index >= 15 is 0 Å². The summed E-state index contributed by atoms with van der Waals surface area (Å²) >= 11 is 0. The Labute approximate surface area is 76.9 Å². The number of ether oxygens (including phenoxy) is 1. The van der Waals surface area contributed by atoms with Crippen molar-refractivity contribution < 1.29 is 4.74 Å². The lowest BCUT2D eigenvalue weighted by Gasteiger charge is -2.12. The Bertz CT molecular complexity index is 289. The van der Waals surface area contributed by atoms with E-state index in [1.54, 1.807) is 6.07 Å². The zero-order valence-electron chi connectivity index (χ0n) is 7.53. The maximum atomic E-state index is 5.74. The molecule has 72 valence electrons. The van der Waals surface area contributed by atoms with Gasteiger partial charge in [-0.25, -0.2) is 4.98 Å². The molecular formula is C8H14N4O. The molecule has 0 saturated carbocycles. The molecule has 1 aromatic rings. The Morgan fingerprint density at radius 1 is 1.62 bits per heavy atom. The molecule has 0 aliphatic rings. The van der Waals surface area contributed by atoms with E-state index in [0.29, 0.717) is 18.1 Å². The highest BCUT2D eigenvalue weighted by Crippen LogP contribution is 2.22. The van der Waals surface area contributed by atoms with Crippen molar-refractivity contribution in [3.63, 3.8) is 0 Å². The summed E-state index contributed by atoms with van der Waals surface area (Å²) in [5.74, 6) is 0.479. The van der Waals surface area contributed by atoms with Crippen LogP contribution in [0.4, 0.5) is 5.69 Å². The largest absolute Gasteiger partial charge is 0.481 e. The van der Waals surface area contributed by atoms with Crippen LogP contribution in [0.5, 0.6) is 5.88 Å². The lowest BCUT2D eigenvalue weighted by molar-refractivity contribution is 0.389. The molecule has 6 N–H and O–H groups in total. The number of nitrogens with zero attached hydrogens (tertiary/aromatic N) is 1. The van der Waals surface area contributed by atoms with Gasteiger partial charge in [0.05, 0.1) is 19.0 Å². The summed E-state index contributed by atoms with van der Waals surface area (Å²) in [5.41, 5.74) is 18.0. The molecule has 0 aliphatic heterocycles. The fourth-order valence-electron chi connectivity index (χ4n) is 1.05. The highest BCUT2D eigenvalue weighted by molar-refractivity contribution is 5.43. The van der Waals surface area contributed by atoms with Crippen molar-refractivity contribution in [2.24, 2.45) is 11.5 Å². The normalized spacial score (nSPS) is 12.5. The predicted molar refractivity (Wildman–Crippen MR) is 51.2 cm³/mol. The number of nitrogen functional groups attached to an aromatic ring is 1. The summed E-state index contributed by atoms with van der Waals surface area (Å²) in [5, 5.41) is 0. The molecule has 1 aromatic heterocycles. The third-order valence-electron chi connectivity index (χ3n) is 1.75. The van der Waals surface area contributed by atoms with Gasteiger partial charge in [0.25, 0.3) is 0 Å². The molecule has 0 fully saturated rings. The van der Waals surface area contributed by atoms with Gasteiger partial charge in [-0.2, -0.15) is 0 Å². The van der Waals surface area contributed by atoms with Gasteiger partial charge in [0.15, 0.2) is 0 Å². The minimum Gasteiger partial charge on any atom is -0.481 e. The number of methoxy groups -OCH3 is 1. The number of hydrogen-bond acceptors (Lipinski definition) is 5. The van der Waals surface area contributed by atoms with Crippen molar-refractivity contribution in [1.82, 2.24) is 4.98 Å². The van der Waals surface area contributed by atoms with E-state index in [1.807, 2.05) is 0 Å². The van der Waals surface area contributed by atoms with Gasteiger partial charge in [0, 0.05) is 18.2 Å². The Kier molecular flexibility index (Phi) is 3.05. The molecule has 0 amide bonds. The number of nitrogens with two attached hydrogens (primary N) is 3. The highest BCUT2D eigenvalue weighted by atomic mass is 16.5. The van der Waals surface area contributed by atoms with Gasteiger partial charge in [0.2, 0.25) is 5.88 Å².